The Bertz CT molecular complexity index is 530. The van der Waals surface area contributed by atoms with Gasteiger partial charge in [0.25, 0.3) is 0 Å². The fourth-order valence-electron chi connectivity index (χ4n) is 1.83. The summed E-state index contributed by atoms with van der Waals surface area (Å²) in [6.07, 6.45) is 0. The van der Waals surface area contributed by atoms with Crippen molar-refractivity contribution in [3.63, 3.8) is 0 Å². The van der Waals surface area contributed by atoms with Crippen molar-refractivity contribution in [3.05, 3.63) is 47.8 Å². The number of anilines is 2. The van der Waals surface area contributed by atoms with Crippen LogP contribution in [0.15, 0.2) is 36.4 Å². The molecule has 3 N–H and O–H groups in total. The number of hydrogen-bond donors (Lipinski definition) is 2. The second-order valence-electron chi connectivity index (χ2n) is 4.30. The van der Waals surface area contributed by atoms with Crippen LogP contribution in [0.25, 0.3) is 0 Å². The minimum Gasteiger partial charge on any atom is -0.384 e. The zero-order chi connectivity index (χ0) is 13.7. The summed E-state index contributed by atoms with van der Waals surface area (Å²) < 4.78 is 5.02. The highest BCUT2D eigenvalue weighted by Crippen LogP contribution is 2.18. The molecule has 1 aromatic carbocycles. The van der Waals surface area contributed by atoms with Crippen LogP contribution in [0.4, 0.5) is 11.6 Å². The van der Waals surface area contributed by atoms with E-state index >= 15 is 0 Å². The average Bonchev–Trinajstić information content (AvgIpc) is 2.39. The third-order valence-electron chi connectivity index (χ3n) is 2.73. The molecule has 1 heterocycles. The van der Waals surface area contributed by atoms with Crippen LogP contribution in [0.1, 0.15) is 24.4 Å². The lowest BCUT2D eigenvalue weighted by atomic mass is 10.1. The largest absolute Gasteiger partial charge is 0.384 e. The van der Waals surface area contributed by atoms with E-state index in [9.17, 15) is 0 Å². The lowest BCUT2D eigenvalue weighted by molar-refractivity contribution is 0.178. The number of ether oxygens (including phenoxy) is 1. The van der Waals surface area contributed by atoms with E-state index in [1.54, 1.807) is 13.2 Å². The predicted octanol–water partition coefficient (Wildman–Crippen LogP) is 2.38. The topological polar surface area (TPSA) is 73.1 Å². The van der Waals surface area contributed by atoms with Gasteiger partial charge in [0.2, 0.25) is 0 Å². The molecule has 0 amide bonds. The Labute approximate surface area is 112 Å². The van der Waals surface area contributed by atoms with Crippen molar-refractivity contribution in [1.82, 2.24) is 9.97 Å². The summed E-state index contributed by atoms with van der Waals surface area (Å²) in [5, 5.41) is 3.31. The number of benzene rings is 1. The summed E-state index contributed by atoms with van der Waals surface area (Å²) in [5.74, 6) is 1.71. The summed E-state index contributed by atoms with van der Waals surface area (Å²) in [6.45, 7) is 2.42. The molecule has 0 saturated heterocycles. The van der Waals surface area contributed by atoms with E-state index in [2.05, 4.69) is 34.3 Å². The molecule has 0 fully saturated rings. The van der Waals surface area contributed by atoms with Crippen LogP contribution in [-0.2, 0) is 11.3 Å². The molecule has 19 heavy (non-hydrogen) atoms. The second kappa shape index (κ2) is 6.15. The third-order valence-corrected chi connectivity index (χ3v) is 2.73. The van der Waals surface area contributed by atoms with E-state index in [4.69, 9.17) is 10.5 Å². The number of nitrogens with one attached hydrogen (secondary N) is 1. The smallest absolute Gasteiger partial charge is 0.158 e. The standard InChI is InChI=1S/C14H18N4O/c1-10(11-6-4-3-5-7-11)16-13-8-12(15)17-14(18-13)9-19-2/h3-8,10H,9H2,1-2H3,(H3,15,16,17,18). The van der Waals surface area contributed by atoms with E-state index in [1.807, 2.05) is 18.2 Å². The number of hydrogen-bond acceptors (Lipinski definition) is 5. The first-order chi connectivity index (χ1) is 9.19. The van der Waals surface area contributed by atoms with Crippen LogP contribution in [0.3, 0.4) is 0 Å². The van der Waals surface area contributed by atoms with Crippen LogP contribution in [-0.4, -0.2) is 17.1 Å². The Morgan fingerprint density at radius 3 is 2.68 bits per heavy atom. The van der Waals surface area contributed by atoms with Gasteiger partial charge >= 0.3 is 0 Å². The molecule has 0 spiro atoms. The van der Waals surface area contributed by atoms with Gasteiger partial charge in [0.15, 0.2) is 5.82 Å². The van der Waals surface area contributed by atoms with Crippen LogP contribution in [0.2, 0.25) is 0 Å². The maximum atomic E-state index is 5.76. The summed E-state index contributed by atoms with van der Waals surface area (Å²) in [7, 11) is 1.60. The fraction of sp³-hybridized carbons (Fsp3) is 0.286. The highest BCUT2D eigenvalue weighted by Gasteiger charge is 2.07. The Kier molecular flexibility index (Phi) is 4.30. The van der Waals surface area contributed by atoms with Crippen LogP contribution >= 0.6 is 0 Å². The fourth-order valence-corrected chi connectivity index (χ4v) is 1.83. The highest BCUT2D eigenvalue weighted by molar-refractivity contribution is 5.46. The molecular formula is C14H18N4O. The maximum Gasteiger partial charge on any atom is 0.158 e. The van der Waals surface area contributed by atoms with Gasteiger partial charge in [-0.05, 0) is 12.5 Å². The second-order valence-corrected chi connectivity index (χ2v) is 4.30. The Balaban J connectivity index is 2.14. The van der Waals surface area contributed by atoms with E-state index in [-0.39, 0.29) is 6.04 Å². The maximum absolute atomic E-state index is 5.76. The van der Waals surface area contributed by atoms with E-state index in [0.29, 0.717) is 24.1 Å². The number of rotatable bonds is 5. The lowest BCUT2D eigenvalue weighted by Crippen LogP contribution is -2.10. The normalized spacial score (nSPS) is 12.1. The Hall–Kier alpha value is -2.14. The molecule has 2 aromatic rings. The first-order valence-corrected chi connectivity index (χ1v) is 6.13. The molecule has 1 aromatic heterocycles. The SMILES string of the molecule is COCc1nc(N)cc(NC(C)c2ccccc2)n1. The number of nitrogens with zero attached hydrogens (tertiary/aromatic N) is 2. The van der Waals surface area contributed by atoms with Crippen molar-refractivity contribution in [2.24, 2.45) is 0 Å². The molecule has 100 valence electrons. The monoisotopic (exact) mass is 258 g/mol. The van der Waals surface area contributed by atoms with E-state index < -0.39 is 0 Å². The average molecular weight is 258 g/mol. The molecule has 0 aliphatic heterocycles. The van der Waals surface area contributed by atoms with Crippen LogP contribution in [0, 0.1) is 0 Å². The van der Waals surface area contributed by atoms with Gasteiger partial charge in [0.05, 0.1) is 0 Å². The van der Waals surface area contributed by atoms with Gasteiger partial charge < -0.3 is 15.8 Å². The van der Waals surface area contributed by atoms with Gasteiger partial charge in [0.1, 0.15) is 18.2 Å². The van der Waals surface area contributed by atoms with Gasteiger partial charge in [-0.2, -0.15) is 0 Å². The summed E-state index contributed by atoms with van der Waals surface area (Å²) in [4.78, 5) is 8.47. The zero-order valence-corrected chi connectivity index (χ0v) is 11.1. The van der Waals surface area contributed by atoms with Crippen molar-refractivity contribution >= 4 is 11.6 Å². The van der Waals surface area contributed by atoms with Gasteiger partial charge in [0, 0.05) is 19.2 Å². The first-order valence-electron chi connectivity index (χ1n) is 6.13. The molecule has 0 radical (unpaired) electrons. The molecule has 5 heteroatoms. The highest BCUT2D eigenvalue weighted by atomic mass is 16.5. The summed E-state index contributed by atoms with van der Waals surface area (Å²) in [6, 6.07) is 12.0. The first kappa shape index (κ1) is 13.3. The number of aromatic nitrogens is 2. The third kappa shape index (κ3) is 3.66. The van der Waals surface area contributed by atoms with Crippen molar-refractivity contribution in [2.45, 2.75) is 19.6 Å². The molecule has 0 saturated carbocycles. The number of nitrogens with two attached hydrogens (primary N) is 1. The Morgan fingerprint density at radius 2 is 2.00 bits per heavy atom. The summed E-state index contributed by atoms with van der Waals surface area (Å²) in [5.41, 5.74) is 6.95. The van der Waals surface area contributed by atoms with Gasteiger partial charge in [-0.15, -0.1) is 0 Å². The molecule has 1 unspecified atom stereocenters. The lowest BCUT2D eigenvalue weighted by Gasteiger charge is -2.15. The zero-order valence-electron chi connectivity index (χ0n) is 11.1. The van der Waals surface area contributed by atoms with Crippen molar-refractivity contribution < 1.29 is 4.74 Å². The van der Waals surface area contributed by atoms with Crippen molar-refractivity contribution in [3.8, 4) is 0 Å². The molecule has 5 nitrogen and oxygen atoms in total. The van der Waals surface area contributed by atoms with Crippen molar-refractivity contribution in [2.75, 3.05) is 18.2 Å². The van der Waals surface area contributed by atoms with Gasteiger partial charge in [-0.25, -0.2) is 9.97 Å². The molecule has 1 atom stereocenters. The quantitative estimate of drug-likeness (QED) is 0.861. The van der Waals surface area contributed by atoms with Crippen molar-refractivity contribution in [1.29, 1.82) is 0 Å². The molecule has 0 bridgehead atoms. The number of methoxy groups -OCH3 is 1. The summed E-state index contributed by atoms with van der Waals surface area (Å²) >= 11 is 0. The van der Waals surface area contributed by atoms with Crippen LogP contribution < -0.4 is 11.1 Å². The minimum absolute atomic E-state index is 0.144. The van der Waals surface area contributed by atoms with Crippen LogP contribution in [0.5, 0.6) is 0 Å². The molecule has 0 aliphatic carbocycles. The van der Waals surface area contributed by atoms with E-state index in [0.717, 1.165) is 0 Å². The minimum atomic E-state index is 0.144. The molecular weight excluding hydrogens is 240 g/mol. The molecule has 0 aliphatic rings. The molecule has 2 rings (SSSR count). The van der Waals surface area contributed by atoms with Gasteiger partial charge in [-0.3, -0.25) is 0 Å². The number of nitrogen functional groups attached to an aromatic ring is 1. The Morgan fingerprint density at radius 1 is 1.26 bits per heavy atom. The predicted molar refractivity (Wildman–Crippen MR) is 75.6 cm³/mol. The van der Waals surface area contributed by atoms with E-state index in [1.165, 1.54) is 5.56 Å². The van der Waals surface area contributed by atoms with Gasteiger partial charge in [-0.1, -0.05) is 30.3 Å².